The predicted molar refractivity (Wildman–Crippen MR) is 77.2 cm³/mol. The van der Waals surface area contributed by atoms with Crippen molar-refractivity contribution in [1.82, 2.24) is 0 Å². The van der Waals surface area contributed by atoms with Crippen LogP contribution in [0.3, 0.4) is 0 Å². The number of alkyl halides is 1. The largest absolute Gasteiger partial charge is 0.293 e. The second-order valence-electron chi connectivity index (χ2n) is 3.44. The minimum absolute atomic E-state index is 0.0736. The second kappa shape index (κ2) is 7.02. The molecule has 0 saturated heterocycles. The molecule has 0 aliphatic heterocycles. The lowest BCUT2D eigenvalue weighted by atomic mass is 9.95. The van der Waals surface area contributed by atoms with Crippen molar-refractivity contribution in [3.05, 3.63) is 66.3 Å². The third-order valence-electron chi connectivity index (χ3n) is 2.37. The van der Waals surface area contributed by atoms with Crippen LogP contribution in [-0.2, 0) is 4.79 Å². The average Bonchev–Trinajstić information content (AvgIpc) is 2.39. The number of benzene rings is 1. The highest BCUT2D eigenvalue weighted by Crippen LogP contribution is 2.24. The smallest absolute Gasteiger partial charge is 0.173 e. The molecule has 1 aromatic carbocycles. The molecular formula is C15H15BrO. The molecule has 0 spiro atoms. The normalized spacial score (nSPS) is 12.4. The number of Topliss-reactive ketones (excluding diaryl/α,β-unsaturated/α-hetero) is 1. The van der Waals surface area contributed by atoms with E-state index in [9.17, 15) is 4.79 Å². The first-order valence-corrected chi connectivity index (χ1v) is 6.50. The predicted octanol–water partition coefficient (Wildman–Crippen LogP) is 4.17. The quantitative estimate of drug-likeness (QED) is 0.452. The Balaban J connectivity index is 3.24. The Morgan fingerprint density at radius 3 is 2.47 bits per heavy atom. The topological polar surface area (TPSA) is 17.1 Å². The van der Waals surface area contributed by atoms with Gasteiger partial charge in [0.25, 0.3) is 0 Å². The zero-order valence-electron chi connectivity index (χ0n) is 9.82. The number of allylic oxidation sites excluding steroid dienone is 5. The summed E-state index contributed by atoms with van der Waals surface area (Å²) in [6.45, 7) is 5.57. The highest BCUT2D eigenvalue weighted by molar-refractivity contribution is 9.09. The van der Waals surface area contributed by atoms with Crippen LogP contribution < -0.4 is 0 Å². The number of hydrogen-bond donors (Lipinski definition) is 0. The van der Waals surface area contributed by atoms with Gasteiger partial charge >= 0.3 is 0 Å². The first-order chi connectivity index (χ1) is 8.24. The zero-order valence-corrected chi connectivity index (χ0v) is 11.4. The fourth-order valence-corrected chi connectivity index (χ4v) is 1.92. The van der Waals surface area contributed by atoms with E-state index >= 15 is 0 Å². The number of ketones is 1. The van der Waals surface area contributed by atoms with Gasteiger partial charge in [0.1, 0.15) is 0 Å². The molecule has 0 saturated carbocycles. The van der Waals surface area contributed by atoms with Crippen LogP contribution in [0.2, 0.25) is 0 Å². The standard InChI is InChI=1S/C15H15BrO/c1-3-8-14(12-9-6-5-7-10-12)13(4-2)15(17)11-16/h3-10H,1,11H2,2H3/b13-4+,14-8-. The van der Waals surface area contributed by atoms with Gasteiger partial charge in [-0.15, -0.1) is 0 Å². The summed E-state index contributed by atoms with van der Waals surface area (Å²) in [5, 5.41) is 0.327. The lowest BCUT2D eigenvalue weighted by Crippen LogP contribution is -2.05. The first-order valence-electron chi connectivity index (χ1n) is 5.38. The number of halogens is 1. The number of carbonyl (C=O) groups is 1. The van der Waals surface area contributed by atoms with E-state index in [2.05, 4.69) is 22.5 Å². The van der Waals surface area contributed by atoms with Gasteiger partial charge in [-0.3, -0.25) is 4.79 Å². The summed E-state index contributed by atoms with van der Waals surface area (Å²) in [5.74, 6) is 0.0736. The third-order valence-corrected chi connectivity index (χ3v) is 2.88. The molecule has 1 nitrogen and oxygen atoms in total. The van der Waals surface area contributed by atoms with Crippen molar-refractivity contribution >= 4 is 27.3 Å². The molecule has 0 radical (unpaired) electrons. The Labute approximate surface area is 111 Å². The first kappa shape index (κ1) is 13.7. The molecule has 2 heteroatoms. The molecule has 1 rings (SSSR count). The zero-order chi connectivity index (χ0) is 12.7. The number of carbonyl (C=O) groups excluding carboxylic acids is 1. The summed E-state index contributed by atoms with van der Waals surface area (Å²) in [7, 11) is 0. The van der Waals surface area contributed by atoms with Crippen LogP contribution >= 0.6 is 15.9 Å². The van der Waals surface area contributed by atoms with Crippen LogP contribution in [-0.4, -0.2) is 11.1 Å². The lowest BCUT2D eigenvalue weighted by molar-refractivity contribution is -0.112. The van der Waals surface area contributed by atoms with Crippen LogP contribution in [0.25, 0.3) is 5.57 Å². The van der Waals surface area contributed by atoms with Crippen LogP contribution in [0.15, 0.2) is 60.7 Å². The monoisotopic (exact) mass is 290 g/mol. The van der Waals surface area contributed by atoms with Crippen molar-refractivity contribution in [3.63, 3.8) is 0 Å². The maximum atomic E-state index is 11.8. The number of hydrogen-bond acceptors (Lipinski definition) is 1. The molecule has 0 aromatic heterocycles. The fraction of sp³-hybridized carbons (Fsp3) is 0.133. The summed E-state index contributed by atoms with van der Waals surface area (Å²) in [6, 6.07) is 9.84. The molecule has 0 atom stereocenters. The van der Waals surface area contributed by atoms with Gasteiger partial charge in [-0.1, -0.05) is 71.1 Å². The van der Waals surface area contributed by atoms with Gasteiger partial charge in [0.2, 0.25) is 0 Å². The molecule has 0 aliphatic carbocycles. The van der Waals surface area contributed by atoms with Crippen molar-refractivity contribution in [2.75, 3.05) is 5.33 Å². The molecule has 0 bridgehead atoms. The fourth-order valence-electron chi connectivity index (χ4n) is 1.62. The van der Waals surface area contributed by atoms with Crippen molar-refractivity contribution in [2.24, 2.45) is 0 Å². The van der Waals surface area contributed by atoms with Crippen molar-refractivity contribution in [2.45, 2.75) is 6.92 Å². The van der Waals surface area contributed by atoms with Crippen LogP contribution in [0.4, 0.5) is 0 Å². The van der Waals surface area contributed by atoms with Crippen molar-refractivity contribution in [1.29, 1.82) is 0 Å². The Morgan fingerprint density at radius 1 is 1.35 bits per heavy atom. The van der Waals surface area contributed by atoms with Gasteiger partial charge in [0, 0.05) is 5.57 Å². The van der Waals surface area contributed by atoms with E-state index < -0.39 is 0 Å². The van der Waals surface area contributed by atoms with Gasteiger partial charge in [-0.05, 0) is 18.1 Å². The minimum Gasteiger partial charge on any atom is -0.293 e. The number of rotatable bonds is 5. The molecule has 0 fully saturated rings. The van der Waals surface area contributed by atoms with E-state index in [4.69, 9.17) is 0 Å². The van der Waals surface area contributed by atoms with Gasteiger partial charge in [0.15, 0.2) is 5.78 Å². The van der Waals surface area contributed by atoms with Gasteiger partial charge in [0.05, 0.1) is 5.33 Å². The highest BCUT2D eigenvalue weighted by atomic mass is 79.9. The Morgan fingerprint density at radius 2 is 2.00 bits per heavy atom. The van der Waals surface area contributed by atoms with Gasteiger partial charge in [-0.2, -0.15) is 0 Å². The average molecular weight is 291 g/mol. The third kappa shape index (κ3) is 3.53. The van der Waals surface area contributed by atoms with E-state index in [1.54, 1.807) is 6.08 Å². The second-order valence-corrected chi connectivity index (χ2v) is 4.00. The molecule has 17 heavy (non-hydrogen) atoms. The minimum atomic E-state index is 0.0736. The van der Waals surface area contributed by atoms with Crippen LogP contribution in [0.1, 0.15) is 12.5 Å². The van der Waals surface area contributed by atoms with Crippen molar-refractivity contribution < 1.29 is 4.79 Å². The molecule has 88 valence electrons. The van der Waals surface area contributed by atoms with Crippen LogP contribution in [0, 0.1) is 0 Å². The van der Waals surface area contributed by atoms with Gasteiger partial charge in [-0.25, -0.2) is 0 Å². The summed E-state index contributed by atoms with van der Waals surface area (Å²) < 4.78 is 0. The molecule has 0 heterocycles. The summed E-state index contributed by atoms with van der Waals surface area (Å²) in [4.78, 5) is 11.8. The van der Waals surface area contributed by atoms with Gasteiger partial charge < -0.3 is 0 Å². The summed E-state index contributed by atoms with van der Waals surface area (Å²) in [6.07, 6.45) is 5.41. The Hall–Kier alpha value is -1.41. The molecular weight excluding hydrogens is 276 g/mol. The SMILES string of the molecule is C=C/C=C(\C(=C/C)C(=O)CBr)c1ccccc1. The Kier molecular flexibility index (Phi) is 5.64. The molecule has 0 aliphatic rings. The lowest BCUT2D eigenvalue weighted by Gasteiger charge is -2.09. The van der Waals surface area contributed by atoms with E-state index in [0.717, 1.165) is 11.1 Å². The highest BCUT2D eigenvalue weighted by Gasteiger charge is 2.13. The van der Waals surface area contributed by atoms with E-state index in [0.29, 0.717) is 10.9 Å². The summed E-state index contributed by atoms with van der Waals surface area (Å²) >= 11 is 3.20. The van der Waals surface area contributed by atoms with E-state index in [-0.39, 0.29) is 5.78 Å². The summed E-state index contributed by atoms with van der Waals surface area (Å²) in [5.41, 5.74) is 2.65. The maximum Gasteiger partial charge on any atom is 0.173 e. The van der Waals surface area contributed by atoms with E-state index in [1.807, 2.05) is 49.4 Å². The molecule has 0 unspecified atom stereocenters. The van der Waals surface area contributed by atoms with Crippen LogP contribution in [0.5, 0.6) is 0 Å². The Bertz CT molecular complexity index is 455. The molecule has 0 N–H and O–H groups in total. The molecule has 1 aromatic rings. The maximum absolute atomic E-state index is 11.8. The van der Waals surface area contributed by atoms with Crippen molar-refractivity contribution in [3.8, 4) is 0 Å². The van der Waals surface area contributed by atoms with E-state index in [1.165, 1.54) is 0 Å². The molecule has 0 amide bonds.